The van der Waals surface area contributed by atoms with Crippen LogP contribution in [-0.2, 0) is 14.3 Å². The molecule has 0 spiro atoms. The van der Waals surface area contributed by atoms with Crippen LogP contribution in [0.2, 0.25) is 0 Å². The third kappa shape index (κ3) is 4.77. The van der Waals surface area contributed by atoms with Crippen molar-refractivity contribution in [2.75, 3.05) is 51.3 Å². The first-order valence-corrected chi connectivity index (χ1v) is 13.3. The van der Waals surface area contributed by atoms with E-state index in [0.29, 0.717) is 17.7 Å². The first kappa shape index (κ1) is 26.6. The number of anilines is 1. The van der Waals surface area contributed by atoms with Gasteiger partial charge in [-0.05, 0) is 48.6 Å². The zero-order valence-corrected chi connectivity index (χ0v) is 22.6. The molecule has 4 atom stereocenters. The molecule has 1 aromatic carbocycles. The fourth-order valence-corrected chi connectivity index (χ4v) is 6.04. The van der Waals surface area contributed by atoms with Crippen LogP contribution in [0.4, 0.5) is 5.69 Å². The second-order valence-electron chi connectivity index (χ2n) is 11.8. The summed E-state index contributed by atoms with van der Waals surface area (Å²) in [6, 6.07) is 5.14. The lowest BCUT2D eigenvalue weighted by Gasteiger charge is -2.39. The van der Waals surface area contributed by atoms with E-state index in [4.69, 9.17) is 10.5 Å². The molecule has 2 N–H and O–H groups in total. The van der Waals surface area contributed by atoms with E-state index >= 15 is 0 Å². The van der Waals surface area contributed by atoms with Crippen LogP contribution in [0.25, 0.3) is 0 Å². The van der Waals surface area contributed by atoms with Crippen molar-refractivity contribution in [3.05, 3.63) is 29.3 Å². The van der Waals surface area contributed by atoms with Gasteiger partial charge in [-0.25, -0.2) is 0 Å². The lowest BCUT2D eigenvalue weighted by molar-refractivity contribution is -0.140. The van der Waals surface area contributed by atoms with Crippen LogP contribution in [-0.4, -0.2) is 85.9 Å². The predicted molar refractivity (Wildman–Crippen MR) is 140 cm³/mol. The van der Waals surface area contributed by atoms with Crippen molar-refractivity contribution in [3.8, 4) is 0 Å². The Balaban J connectivity index is 1.78. The average molecular weight is 499 g/mol. The van der Waals surface area contributed by atoms with E-state index in [2.05, 4.69) is 51.5 Å². The van der Waals surface area contributed by atoms with Crippen molar-refractivity contribution < 1.29 is 19.1 Å². The number of amides is 2. The first-order valence-electron chi connectivity index (χ1n) is 13.3. The number of carbonyl (C=O) groups is 3. The molecule has 3 heterocycles. The Kier molecular flexibility index (Phi) is 7.49. The number of likely N-dealkylation sites (N-methyl/N-ethyl adjacent to an activating group) is 1. The van der Waals surface area contributed by atoms with E-state index in [0.717, 1.165) is 38.3 Å². The summed E-state index contributed by atoms with van der Waals surface area (Å²) in [6.45, 7) is 14.6. The molecule has 3 fully saturated rings. The predicted octanol–water partition coefficient (Wildman–Crippen LogP) is 2.51. The van der Waals surface area contributed by atoms with Gasteiger partial charge in [-0.3, -0.25) is 14.4 Å². The Morgan fingerprint density at radius 3 is 2.42 bits per heavy atom. The summed E-state index contributed by atoms with van der Waals surface area (Å²) < 4.78 is 5.88. The van der Waals surface area contributed by atoms with Gasteiger partial charge in [-0.15, -0.1) is 0 Å². The van der Waals surface area contributed by atoms with E-state index in [1.54, 1.807) is 11.0 Å². The number of Topliss-reactive ketones (excluding diaryl/α,β-unsaturated/α-hetero) is 1. The molecule has 4 rings (SSSR count). The molecule has 0 aliphatic carbocycles. The fourth-order valence-electron chi connectivity index (χ4n) is 6.04. The van der Waals surface area contributed by atoms with Crippen molar-refractivity contribution in [1.82, 2.24) is 9.80 Å². The van der Waals surface area contributed by atoms with Crippen LogP contribution in [0.3, 0.4) is 0 Å². The highest BCUT2D eigenvalue weighted by atomic mass is 16.5. The van der Waals surface area contributed by atoms with Crippen molar-refractivity contribution in [3.63, 3.8) is 0 Å². The molecule has 8 heteroatoms. The number of hydrogen-bond donors (Lipinski definition) is 1. The van der Waals surface area contributed by atoms with Gasteiger partial charge in [0.25, 0.3) is 0 Å². The minimum absolute atomic E-state index is 0.0362. The zero-order chi connectivity index (χ0) is 26.4. The molecule has 0 bridgehead atoms. The van der Waals surface area contributed by atoms with E-state index < -0.39 is 23.3 Å². The molecule has 3 saturated heterocycles. The molecule has 0 unspecified atom stereocenters. The van der Waals surface area contributed by atoms with Gasteiger partial charge in [0.15, 0.2) is 5.78 Å². The van der Waals surface area contributed by atoms with Crippen LogP contribution in [0, 0.1) is 17.3 Å². The quantitative estimate of drug-likeness (QED) is 0.621. The number of rotatable bonds is 7. The van der Waals surface area contributed by atoms with Crippen molar-refractivity contribution >= 4 is 23.3 Å². The van der Waals surface area contributed by atoms with E-state index in [-0.39, 0.29) is 36.2 Å². The summed E-state index contributed by atoms with van der Waals surface area (Å²) in [5.74, 6) is -0.928. The highest BCUT2D eigenvalue weighted by Crippen LogP contribution is 2.45. The number of benzene rings is 1. The number of hydrogen-bond acceptors (Lipinski definition) is 6. The minimum atomic E-state index is -0.614. The lowest BCUT2D eigenvalue weighted by Crippen LogP contribution is -2.47. The zero-order valence-electron chi connectivity index (χ0n) is 22.6. The first-order chi connectivity index (χ1) is 17.0. The Morgan fingerprint density at radius 1 is 1.17 bits per heavy atom. The molecular weight excluding hydrogens is 456 g/mol. The molecule has 0 saturated carbocycles. The smallest absolute Gasteiger partial charge is 0.249 e. The lowest BCUT2D eigenvalue weighted by atomic mass is 9.71. The standard InChI is InChI=1S/C28H42N4O4/c1-7-28(4,5)23(27(35)32-15-21(17(2)3)25-24(32)22(33)16-36-25)20-14-18(8-9-19(20)26(29)34)31-12-10-30(6)11-13-31/h8-9,14,17,21,23-25H,7,10-13,15-16H2,1-6H3,(H2,29,34)/t21-,23+,24-,25-/m1/s1. The monoisotopic (exact) mass is 498 g/mol. The summed E-state index contributed by atoms with van der Waals surface area (Å²) in [6.07, 6.45) is 0.458. The Labute approximate surface area is 215 Å². The summed E-state index contributed by atoms with van der Waals surface area (Å²) in [7, 11) is 2.11. The maximum Gasteiger partial charge on any atom is 0.249 e. The third-order valence-corrected chi connectivity index (χ3v) is 8.78. The Morgan fingerprint density at radius 2 is 1.83 bits per heavy atom. The van der Waals surface area contributed by atoms with Gasteiger partial charge < -0.3 is 25.2 Å². The molecule has 1 aromatic rings. The van der Waals surface area contributed by atoms with Crippen LogP contribution in [0.1, 0.15) is 62.9 Å². The highest BCUT2D eigenvalue weighted by molar-refractivity contribution is 5.99. The minimum Gasteiger partial charge on any atom is -0.369 e. The van der Waals surface area contributed by atoms with Gasteiger partial charge in [0.1, 0.15) is 12.6 Å². The number of ketones is 1. The van der Waals surface area contributed by atoms with Crippen LogP contribution in [0.15, 0.2) is 18.2 Å². The van der Waals surface area contributed by atoms with Crippen molar-refractivity contribution in [1.29, 1.82) is 0 Å². The molecule has 3 aliphatic heterocycles. The number of nitrogens with two attached hydrogens (primary N) is 1. The van der Waals surface area contributed by atoms with E-state index in [1.807, 2.05) is 12.1 Å². The number of fused-ring (bicyclic) bond motifs is 1. The molecule has 0 aromatic heterocycles. The summed E-state index contributed by atoms with van der Waals surface area (Å²) in [5.41, 5.74) is 7.41. The number of primary amides is 1. The van der Waals surface area contributed by atoms with Crippen LogP contribution >= 0.6 is 0 Å². The molecule has 198 valence electrons. The number of piperazine rings is 1. The van der Waals surface area contributed by atoms with Crippen LogP contribution < -0.4 is 10.6 Å². The molecule has 3 aliphatic rings. The SMILES string of the molecule is CCC(C)(C)[C@H](C(=O)N1C[C@H](C(C)C)[C@H]2OCC(=O)[C@H]21)c1cc(N2CCN(C)CC2)ccc1C(N)=O. The third-order valence-electron chi connectivity index (χ3n) is 8.78. The van der Waals surface area contributed by atoms with E-state index in [1.165, 1.54) is 0 Å². The Bertz CT molecular complexity index is 1010. The maximum absolute atomic E-state index is 14.5. The number of nitrogens with zero attached hydrogens (tertiary/aromatic N) is 3. The summed E-state index contributed by atoms with van der Waals surface area (Å²) >= 11 is 0. The number of likely N-dealkylation sites (tertiary alicyclic amines) is 1. The maximum atomic E-state index is 14.5. The molecular formula is C28H42N4O4. The topological polar surface area (TPSA) is 96.2 Å². The normalized spacial score (nSPS) is 26.0. The van der Waals surface area contributed by atoms with E-state index in [9.17, 15) is 14.4 Å². The fraction of sp³-hybridized carbons (Fsp3) is 0.679. The van der Waals surface area contributed by atoms with Gasteiger partial charge in [0.2, 0.25) is 11.8 Å². The molecule has 8 nitrogen and oxygen atoms in total. The van der Waals surface area contributed by atoms with Gasteiger partial charge in [0.05, 0.1) is 12.0 Å². The van der Waals surface area contributed by atoms with Gasteiger partial charge in [-0.1, -0.05) is 34.6 Å². The largest absolute Gasteiger partial charge is 0.369 e. The number of carbonyl (C=O) groups excluding carboxylic acids is 3. The second-order valence-corrected chi connectivity index (χ2v) is 11.8. The van der Waals surface area contributed by atoms with Gasteiger partial charge in [0, 0.05) is 49.9 Å². The number of ether oxygens (including phenoxy) is 1. The summed E-state index contributed by atoms with van der Waals surface area (Å²) in [4.78, 5) is 46.3. The Hall–Kier alpha value is -2.45. The van der Waals surface area contributed by atoms with Gasteiger partial charge >= 0.3 is 0 Å². The molecule has 2 amide bonds. The molecule has 36 heavy (non-hydrogen) atoms. The second kappa shape index (κ2) is 10.1. The molecule has 0 radical (unpaired) electrons. The average Bonchev–Trinajstić information content (AvgIpc) is 3.40. The highest BCUT2D eigenvalue weighted by Gasteiger charge is 2.55. The van der Waals surface area contributed by atoms with Crippen molar-refractivity contribution in [2.45, 2.75) is 59.1 Å². The van der Waals surface area contributed by atoms with Crippen LogP contribution in [0.5, 0.6) is 0 Å². The summed E-state index contributed by atoms with van der Waals surface area (Å²) in [5, 5.41) is 0. The van der Waals surface area contributed by atoms with Gasteiger partial charge in [-0.2, -0.15) is 0 Å². The van der Waals surface area contributed by atoms with Crippen molar-refractivity contribution in [2.24, 2.45) is 23.0 Å².